The Bertz CT molecular complexity index is 308. The zero-order chi connectivity index (χ0) is 14.5. The minimum Gasteiger partial charge on any atom is -0.313 e. The molecule has 0 aromatic carbocycles. The summed E-state index contributed by atoms with van der Waals surface area (Å²) in [6.07, 6.45) is 13.0. The molecule has 1 aliphatic heterocycles. The van der Waals surface area contributed by atoms with Gasteiger partial charge in [0.1, 0.15) is 0 Å². The predicted octanol–water partition coefficient (Wildman–Crippen LogP) is 3.91. The van der Waals surface area contributed by atoms with Crippen LogP contribution in [0.1, 0.15) is 64.7 Å². The van der Waals surface area contributed by atoms with Crippen LogP contribution in [0.3, 0.4) is 0 Å². The molecule has 0 amide bonds. The largest absolute Gasteiger partial charge is 0.313 e. The van der Waals surface area contributed by atoms with Gasteiger partial charge in [-0.05, 0) is 37.5 Å². The molecule has 3 fully saturated rings. The van der Waals surface area contributed by atoms with E-state index in [0.717, 1.165) is 11.3 Å². The predicted molar refractivity (Wildman–Crippen MR) is 94.1 cm³/mol. The fourth-order valence-corrected chi connectivity index (χ4v) is 5.41. The van der Waals surface area contributed by atoms with Crippen molar-refractivity contribution in [2.75, 3.05) is 31.9 Å². The van der Waals surface area contributed by atoms with Crippen LogP contribution in [0.25, 0.3) is 0 Å². The lowest BCUT2D eigenvalue weighted by Gasteiger charge is -2.41. The highest BCUT2D eigenvalue weighted by molar-refractivity contribution is 8.00. The van der Waals surface area contributed by atoms with Gasteiger partial charge in [0.2, 0.25) is 0 Å². The van der Waals surface area contributed by atoms with Gasteiger partial charge in [-0.25, -0.2) is 0 Å². The van der Waals surface area contributed by atoms with E-state index in [0.29, 0.717) is 5.41 Å². The van der Waals surface area contributed by atoms with Gasteiger partial charge in [0.25, 0.3) is 0 Å². The van der Waals surface area contributed by atoms with E-state index in [1.54, 1.807) is 0 Å². The number of nitrogens with zero attached hydrogens (tertiary/aromatic N) is 1. The summed E-state index contributed by atoms with van der Waals surface area (Å²) in [6.45, 7) is 7.68. The molecule has 0 aromatic heterocycles. The zero-order valence-electron chi connectivity index (χ0n) is 13.9. The maximum atomic E-state index is 3.88. The van der Waals surface area contributed by atoms with Crippen LogP contribution >= 0.6 is 11.8 Å². The lowest BCUT2D eigenvalue weighted by Crippen LogP contribution is -2.48. The van der Waals surface area contributed by atoms with Crippen LogP contribution in [-0.2, 0) is 0 Å². The first-order valence-electron chi connectivity index (χ1n) is 9.37. The summed E-state index contributed by atoms with van der Waals surface area (Å²) < 4.78 is 0. The topological polar surface area (TPSA) is 15.3 Å². The van der Waals surface area contributed by atoms with Gasteiger partial charge in [0.05, 0.1) is 0 Å². The van der Waals surface area contributed by atoms with E-state index < -0.39 is 0 Å². The smallest absolute Gasteiger partial charge is 0.0172 e. The van der Waals surface area contributed by atoms with Crippen molar-refractivity contribution in [2.24, 2.45) is 5.41 Å². The van der Waals surface area contributed by atoms with Crippen molar-refractivity contribution in [3.8, 4) is 0 Å². The van der Waals surface area contributed by atoms with E-state index in [1.165, 1.54) is 89.7 Å². The van der Waals surface area contributed by atoms with Crippen LogP contribution in [0.4, 0.5) is 0 Å². The average molecular weight is 311 g/mol. The Labute approximate surface area is 135 Å². The molecule has 3 rings (SSSR count). The highest BCUT2D eigenvalue weighted by Crippen LogP contribution is 2.37. The third-order valence-corrected chi connectivity index (χ3v) is 7.12. The molecule has 3 aliphatic rings. The van der Waals surface area contributed by atoms with Crippen molar-refractivity contribution in [1.29, 1.82) is 0 Å². The molecule has 0 bridgehead atoms. The van der Waals surface area contributed by atoms with E-state index in [1.807, 2.05) is 0 Å². The molecule has 1 atom stereocenters. The first-order chi connectivity index (χ1) is 10.3. The SMILES string of the molecule is CCC1CN(CC2(CNC3CC3)CCCCCC2)CCS1. The van der Waals surface area contributed by atoms with Crippen LogP contribution in [-0.4, -0.2) is 48.1 Å². The lowest BCUT2D eigenvalue weighted by molar-refractivity contribution is 0.128. The second-order valence-corrected chi connectivity index (χ2v) is 9.11. The van der Waals surface area contributed by atoms with Gasteiger partial charge in [-0.3, -0.25) is 0 Å². The molecule has 2 nitrogen and oxygen atoms in total. The molecule has 3 heteroatoms. The average Bonchev–Trinajstić information content (AvgIpc) is 3.33. The van der Waals surface area contributed by atoms with Crippen LogP contribution in [0.5, 0.6) is 0 Å². The molecular weight excluding hydrogens is 276 g/mol. The number of nitrogens with one attached hydrogen (secondary N) is 1. The third kappa shape index (κ3) is 4.87. The molecule has 0 aromatic rings. The summed E-state index contributed by atoms with van der Waals surface area (Å²) in [6, 6.07) is 0.866. The summed E-state index contributed by atoms with van der Waals surface area (Å²) >= 11 is 2.20. The van der Waals surface area contributed by atoms with Gasteiger partial charge in [-0.1, -0.05) is 32.6 Å². The quantitative estimate of drug-likeness (QED) is 0.749. The lowest BCUT2D eigenvalue weighted by atomic mass is 9.79. The number of thioether (sulfide) groups is 1. The Morgan fingerprint density at radius 2 is 1.90 bits per heavy atom. The molecule has 1 N–H and O–H groups in total. The standard InChI is InChI=1S/C18H34N2S/c1-2-17-13-20(11-12-21-17)15-18(14-19-16-7-8-16)9-5-3-4-6-10-18/h16-17,19H,2-15H2,1H3. The van der Waals surface area contributed by atoms with Gasteiger partial charge >= 0.3 is 0 Å². The van der Waals surface area contributed by atoms with Crippen LogP contribution in [0.15, 0.2) is 0 Å². The fourth-order valence-electron chi connectivity index (χ4n) is 4.16. The van der Waals surface area contributed by atoms with Crippen LogP contribution < -0.4 is 5.32 Å². The normalized spacial score (nSPS) is 31.0. The first kappa shape index (κ1) is 16.1. The number of hydrogen-bond acceptors (Lipinski definition) is 3. The van der Waals surface area contributed by atoms with Gasteiger partial charge in [0.15, 0.2) is 0 Å². The minimum atomic E-state index is 0.583. The first-order valence-corrected chi connectivity index (χ1v) is 10.4. The van der Waals surface area contributed by atoms with Gasteiger partial charge in [-0.15, -0.1) is 0 Å². The molecule has 0 spiro atoms. The molecule has 0 radical (unpaired) electrons. The van der Waals surface area contributed by atoms with Crippen molar-refractivity contribution in [3.05, 3.63) is 0 Å². The van der Waals surface area contributed by atoms with E-state index in [4.69, 9.17) is 0 Å². The van der Waals surface area contributed by atoms with Gasteiger partial charge in [-0.2, -0.15) is 11.8 Å². The second-order valence-electron chi connectivity index (χ2n) is 7.71. The van der Waals surface area contributed by atoms with Crippen molar-refractivity contribution in [1.82, 2.24) is 10.2 Å². The number of rotatable bonds is 6. The van der Waals surface area contributed by atoms with Crippen molar-refractivity contribution < 1.29 is 0 Å². The molecule has 1 saturated heterocycles. The number of hydrogen-bond donors (Lipinski definition) is 1. The van der Waals surface area contributed by atoms with Gasteiger partial charge in [0, 0.05) is 43.2 Å². The molecule has 122 valence electrons. The van der Waals surface area contributed by atoms with E-state index in [9.17, 15) is 0 Å². The van der Waals surface area contributed by atoms with E-state index in [2.05, 4.69) is 28.9 Å². The Morgan fingerprint density at radius 1 is 1.14 bits per heavy atom. The minimum absolute atomic E-state index is 0.583. The Kier molecular flexibility index (Phi) is 5.92. The molecule has 2 aliphatic carbocycles. The summed E-state index contributed by atoms with van der Waals surface area (Å²) in [5.74, 6) is 1.35. The van der Waals surface area contributed by atoms with Crippen molar-refractivity contribution >= 4 is 11.8 Å². The maximum absolute atomic E-state index is 3.88. The highest BCUT2D eigenvalue weighted by Gasteiger charge is 2.35. The summed E-state index contributed by atoms with van der Waals surface area (Å²) in [5.41, 5.74) is 0.583. The van der Waals surface area contributed by atoms with Crippen LogP contribution in [0.2, 0.25) is 0 Å². The Morgan fingerprint density at radius 3 is 2.57 bits per heavy atom. The molecular formula is C18H34N2S. The maximum Gasteiger partial charge on any atom is 0.0172 e. The molecule has 1 heterocycles. The van der Waals surface area contributed by atoms with Crippen molar-refractivity contribution in [2.45, 2.75) is 76.0 Å². The monoisotopic (exact) mass is 310 g/mol. The van der Waals surface area contributed by atoms with Crippen LogP contribution in [0, 0.1) is 5.41 Å². The third-order valence-electron chi connectivity index (χ3n) is 5.74. The Hall–Kier alpha value is 0.270. The molecule has 1 unspecified atom stereocenters. The van der Waals surface area contributed by atoms with Crippen molar-refractivity contribution in [3.63, 3.8) is 0 Å². The Balaban J connectivity index is 1.59. The molecule has 21 heavy (non-hydrogen) atoms. The van der Waals surface area contributed by atoms with Gasteiger partial charge < -0.3 is 10.2 Å². The van der Waals surface area contributed by atoms with E-state index >= 15 is 0 Å². The summed E-state index contributed by atoms with van der Waals surface area (Å²) in [4.78, 5) is 2.81. The second kappa shape index (κ2) is 7.70. The summed E-state index contributed by atoms with van der Waals surface area (Å²) in [7, 11) is 0. The highest BCUT2D eigenvalue weighted by atomic mass is 32.2. The summed E-state index contributed by atoms with van der Waals surface area (Å²) in [5, 5.41) is 4.76. The zero-order valence-corrected chi connectivity index (χ0v) is 14.7. The van der Waals surface area contributed by atoms with E-state index in [-0.39, 0.29) is 0 Å². The molecule has 2 saturated carbocycles. The fraction of sp³-hybridized carbons (Fsp3) is 1.00.